The zero-order valence-corrected chi connectivity index (χ0v) is 15.4. The van der Waals surface area contributed by atoms with E-state index in [0.29, 0.717) is 32.1 Å². The largest absolute Gasteiger partial charge is 0.340 e. The highest BCUT2D eigenvalue weighted by molar-refractivity contribution is 5.76. The molecule has 2 bridgehead atoms. The quantitative estimate of drug-likeness (QED) is 0.699. The Labute approximate surface area is 162 Å². The lowest BCUT2D eigenvalue weighted by Crippen LogP contribution is -2.49. The molecule has 0 radical (unpaired) electrons. The smallest absolute Gasteiger partial charge is 0.251 e. The van der Waals surface area contributed by atoms with Crippen molar-refractivity contribution in [2.24, 2.45) is 5.92 Å². The number of carbonyl (C=O) groups is 1. The summed E-state index contributed by atoms with van der Waals surface area (Å²) >= 11 is 0. The van der Waals surface area contributed by atoms with Gasteiger partial charge in [-0.1, -0.05) is 6.07 Å². The standard InChI is InChI=1S/C21H21N5O2/c27-20-8-17(16-2-1-3-22-9-16)7-19-18-6-15(11-26(19)20)10-25(12-18)21(28)13-24-5-4-23-14-24/h1-5,7-9,14-15,18H,6,10-13H2/t15-,18+/m0/s1. The van der Waals surface area contributed by atoms with E-state index in [4.69, 9.17) is 0 Å². The van der Waals surface area contributed by atoms with Crippen LogP contribution in [0.25, 0.3) is 11.1 Å². The first kappa shape index (κ1) is 16.9. The molecule has 7 nitrogen and oxygen atoms in total. The van der Waals surface area contributed by atoms with E-state index < -0.39 is 0 Å². The fourth-order valence-corrected chi connectivity index (χ4v) is 4.50. The van der Waals surface area contributed by atoms with Gasteiger partial charge in [0.05, 0.1) is 6.33 Å². The molecule has 1 fully saturated rings. The molecule has 0 N–H and O–H groups in total. The van der Waals surface area contributed by atoms with Crippen molar-refractivity contribution >= 4 is 5.91 Å². The average Bonchev–Trinajstić information content (AvgIpc) is 3.22. The highest BCUT2D eigenvalue weighted by Gasteiger charge is 2.36. The number of aromatic nitrogens is 4. The van der Waals surface area contributed by atoms with Gasteiger partial charge in [0.25, 0.3) is 5.56 Å². The Bertz CT molecular complexity index is 1060. The lowest BCUT2D eigenvalue weighted by atomic mass is 9.82. The van der Waals surface area contributed by atoms with Gasteiger partial charge in [-0.05, 0) is 30.0 Å². The molecule has 0 aliphatic carbocycles. The third-order valence-corrected chi connectivity index (χ3v) is 5.78. The van der Waals surface area contributed by atoms with Gasteiger partial charge in [-0.3, -0.25) is 14.6 Å². The van der Waals surface area contributed by atoms with Crippen LogP contribution < -0.4 is 5.56 Å². The maximum Gasteiger partial charge on any atom is 0.251 e. The number of imidazole rings is 1. The molecule has 1 saturated heterocycles. The number of amides is 1. The normalized spacial score (nSPS) is 20.6. The summed E-state index contributed by atoms with van der Waals surface area (Å²) in [5.74, 6) is 0.607. The second-order valence-electron chi connectivity index (χ2n) is 7.69. The molecular formula is C21H21N5O2. The number of fused-ring (bicyclic) bond motifs is 4. The molecule has 5 heterocycles. The molecule has 3 aromatic heterocycles. The van der Waals surface area contributed by atoms with Gasteiger partial charge in [0.2, 0.25) is 5.91 Å². The van der Waals surface area contributed by atoms with Crippen LogP contribution in [-0.2, 0) is 17.9 Å². The van der Waals surface area contributed by atoms with Crippen LogP contribution in [0.3, 0.4) is 0 Å². The van der Waals surface area contributed by atoms with Crippen LogP contribution in [0.4, 0.5) is 0 Å². The van der Waals surface area contributed by atoms with Crippen molar-refractivity contribution < 1.29 is 4.79 Å². The lowest BCUT2D eigenvalue weighted by molar-refractivity contribution is -0.134. The molecule has 0 aromatic carbocycles. The third kappa shape index (κ3) is 3.02. The summed E-state index contributed by atoms with van der Waals surface area (Å²) in [6, 6.07) is 7.64. The number of carbonyl (C=O) groups excluding carboxylic acids is 1. The molecule has 1 amide bonds. The molecule has 0 saturated carbocycles. The minimum absolute atomic E-state index is 0.0317. The number of piperidine rings is 1. The minimum atomic E-state index is 0.0317. The molecular weight excluding hydrogens is 354 g/mol. The van der Waals surface area contributed by atoms with Crippen LogP contribution in [0.1, 0.15) is 18.0 Å². The maximum atomic E-state index is 12.8. The molecule has 7 heteroatoms. The SMILES string of the molecule is O=C(Cn1ccnc1)N1C[C@@H]2C[C@H](C1)c1cc(-c3cccnc3)cc(=O)n1C2. The van der Waals surface area contributed by atoms with Crippen LogP contribution in [0.2, 0.25) is 0 Å². The first-order valence-electron chi connectivity index (χ1n) is 9.56. The van der Waals surface area contributed by atoms with Gasteiger partial charge in [-0.15, -0.1) is 0 Å². The zero-order valence-electron chi connectivity index (χ0n) is 15.4. The van der Waals surface area contributed by atoms with Gasteiger partial charge in [0.1, 0.15) is 6.54 Å². The van der Waals surface area contributed by atoms with Crippen molar-refractivity contribution in [3.63, 3.8) is 0 Å². The van der Waals surface area contributed by atoms with Crippen molar-refractivity contribution in [1.82, 2.24) is 24.0 Å². The van der Waals surface area contributed by atoms with Gasteiger partial charge in [-0.25, -0.2) is 4.98 Å². The summed E-state index contributed by atoms with van der Waals surface area (Å²) in [5, 5.41) is 0. The van der Waals surface area contributed by atoms with E-state index >= 15 is 0 Å². The fourth-order valence-electron chi connectivity index (χ4n) is 4.50. The van der Waals surface area contributed by atoms with Crippen molar-refractivity contribution in [3.05, 3.63) is 71.4 Å². The summed E-state index contributed by atoms with van der Waals surface area (Å²) in [6.45, 7) is 2.34. The van der Waals surface area contributed by atoms with Crippen molar-refractivity contribution in [1.29, 1.82) is 0 Å². The molecule has 0 unspecified atom stereocenters. The number of hydrogen-bond donors (Lipinski definition) is 0. The Morgan fingerprint density at radius 3 is 2.82 bits per heavy atom. The van der Waals surface area contributed by atoms with Crippen LogP contribution in [0.15, 0.2) is 60.2 Å². The highest BCUT2D eigenvalue weighted by Crippen LogP contribution is 2.36. The summed E-state index contributed by atoms with van der Waals surface area (Å²) in [4.78, 5) is 35.7. The van der Waals surface area contributed by atoms with Gasteiger partial charge < -0.3 is 14.0 Å². The van der Waals surface area contributed by atoms with Crippen molar-refractivity contribution in [3.8, 4) is 11.1 Å². The van der Waals surface area contributed by atoms with E-state index in [-0.39, 0.29) is 17.4 Å². The van der Waals surface area contributed by atoms with E-state index in [0.717, 1.165) is 23.2 Å². The van der Waals surface area contributed by atoms with E-state index in [1.54, 1.807) is 41.7 Å². The summed E-state index contributed by atoms with van der Waals surface area (Å²) in [6.07, 6.45) is 9.67. The molecule has 5 rings (SSSR count). The third-order valence-electron chi connectivity index (χ3n) is 5.78. The van der Waals surface area contributed by atoms with E-state index in [2.05, 4.69) is 16.0 Å². The van der Waals surface area contributed by atoms with Crippen LogP contribution in [0.5, 0.6) is 0 Å². The Morgan fingerprint density at radius 2 is 2.04 bits per heavy atom. The van der Waals surface area contributed by atoms with Gasteiger partial charge >= 0.3 is 0 Å². The topological polar surface area (TPSA) is 73.0 Å². The zero-order chi connectivity index (χ0) is 19.1. The first-order chi connectivity index (χ1) is 13.7. The average molecular weight is 375 g/mol. The summed E-state index contributed by atoms with van der Waals surface area (Å²) in [5.41, 5.74) is 2.89. The molecule has 3 aromatic rings. The van der Waals surface area contributed by atoms with E-state index in [1.807, 2.05) is 21.6 Å². The van der Waals surface area contributed by atoms with Gasteiger partial charge in [0.15, 0.2) is 0 Å². The second-order valence-corrected chi connectivity index (χ2v) is 7.69. The van der Waals surface area contributed by atoms with Gasteiger partial charge in [0, 0.05) is 67.7 Å². The van der Waals surface area contributed by atoms with Crippen LogP contribution in [-0.4, -0.2) is 43.0 Å². The fraction of sp³-hybridized carbons (Fsp3) is 0.333. The first-order valence-corrected chi connectivity index (χ1v) is 9.56. The van der Waals surface area contributed by atoms with Crippen molar-refractivity contribution in [2.75, 3.05) is 13.1 Å². The predicted molar refractivity (Wildman–Crippen MR) is 104 cm³/mol. The number of rotatable bonds is 3. The molecule has 142 valence electrons. The lowest BCUT2D eigenvalue weighted by Gasteiger charge is -2.43. The number of nitrogens with zero attached hydrogens (tertiary/aromatic N) is 5. The maximum absolute atomic E-state index is 12.8. The van der Waals surface area contributed by atoms with E-state index in [9.17, 15) is 9.59 Å². The molecule has 2 atom stereocenters. The molecule has 2 aliphatic rings. The Hall–Kier alpha value is -3.22. The number of likely N-dealkylation sites (tertiary alicyclic amines) is 1. The Morgan fingerprint density at radius 1 is 1.11 bits per heavy atom. The van der Waals surface area contributed by atoms with Crippen molar-refractivity contribution in [2.45, 2.75) is 25.4 Å². The van der Waals surface area contributed by atoms with E-state index in [1.165, 1.54) is 0 Å². The summed E-state index contributed by atoms with van der Waals surface area (Å²) < 4.78 is 3.70. The predicted octanol–water partition coefficient (Wildman–Crippen LogP) is 1.75. The monoisotopic (exact) mass is 375 g/mol. The second kappa shape index (κ2) is 6.74. The number of hydrogen-bond acceptors (Lipinski definition) is 4. The highest BCUT2D eigenvalue weighted by atomic mass is 16.2. The minimum Gasteiger partial charge on any atom is -0.340 e. The van der Waals surface area contributed by atoms with Crippen LogP contribution in [0, 0.1) is 5.92 Å². The van der Waals surface area contributed by atoms with Crippen LogP contribution >= 0.6 is 0 Å². The summed E-state index contributed by atoms with van der Waals surface area (Å²) in [7, 11) is 0. The van der Waals surface area contributed by atoms with Gasteiger partial charge in [-0.2, -0.15) is 0 Å². The Kier molecular flexibility index (Phi) is 4.07. The molecule has 28 heavy (non-hydrogen) atoms. The number of pyridine rings is 2. The Balaban J connectivity index is 1.44. The molecule has 0 spiro atoms. The molecule has 2 aliphatic heterocycles.